The van der Waals surface area contributed by atoms with Crippen molar-refractivity contribution in [3.8, 4) is 0 Å². The first-order valence-corrected chi connectivity index (χ1v) is 6.43. The first-order valence-electron chi connectivity index (χ1n) is 5.17. The molecule has 0 aliphatic carbocycles. The number of hydrogen-bond acceptors (Lipinski definition) is 4. The Kier molecular flexibility index (Phi) is 5.98. The minimum atomic E-state index is -0.457. The van der Waals surface area contributed by atoms with Crippen LogP contribution in [0.1, 0.15) is 30.6 Å². The van der Waals surface area contributed by atoms with Gasteiger partial charge in [-0.1, -0.05) is 11.6 Å². The molecule has 0 amide bonds. The third kappa shape index (κ3) is 4.22. The number of Topliss-reactive ketones (excluding diaryl/α,β-unsaturated/α-hetero) is 1. The highest BCUT2D eigenvalue weighted by molar-refractivity contribution is 7.14. The second kappa shape index (κ2) is 7.01. The lowest BCUT2D eigenvalue weighted by atomic mass is 10.1. The molecule has 0 unspecified atom stereocenters. The molecule has 1 heterocycles. The molecule has 0 saturated carbocycles. The van der Waals surface area contributed by atoms with Gasteiger partial charge in [-0.05, 0) is 19.9 Å². The Morgan fingerprint density at radius 2 is 2.06 bits per heavy atom. The van der Waals surface area contributed by atoms with E-state index in [1.807, 2.05) is 13.8 Å². The van der Waals surface area contributed by atoms with Crippen LogP contribution in [0.3, 0.4) is 0 Å². The number of carbonyl (C=O) groups is 1. The predicted molar refractivity (Wildman–Crippen MR) is 65.3 cm³/mol. The Bertz CT molecular complexity index is 332. The van der Waals surface area contributed by atoms with E-state index in [1.54, 1.807) is 11.4 Å². The van der Waals surface area contributed by atoms with Gasteiger partial charge < -0.3 is 9.47 Å². The van der Waals surface area contributed by atoms with Gasteiger partial charge in [-0.3, -0.25) is 4.79 Å². The molecule has 1 aromatic heterocycles. The van der Waals surface area contributed by atoms with Crippen molar-refractivity contribution in [2.75, 3.05) is 13.2 Å². The van der Waals surface area contributed by atoms with Crippen molar-refractivity contribution < 1.29 is 14.3 Å². The molecule has 0 atom stereocenters. The van der Waals surface area contributed by atoms with Gasteiger partial charge in [0.25, 0.3) is 0 Å². The molecular formula is C11H15ClO3S. The summed E-state index contributed by atoms with van der Waals surface area (Å²) in [4.78, 5) is 11.8. The average molecular weight is 263 g/mol. The second-order valence-electron chi connectivity index (χ2n) is 3.11. The van der Waals surface area contributed by atoms with E-state index in [0.29, 0.717) is 23.1 Å². The third-order valence-corrected chi connectivity index (χ3v) is 3.04. The highest BCUT2D eigenvalue weighted by Gasteiger charge is 2.16. The minimum absolute atomic E-state index is 0.00458. The summed E-state index contributed by atoms with van der Waals surface area (Å²) in [7, 11) is 0. The highest BCUT2D eigenvalue weighted by atomic mass is 35.5. The Balaban J connectivity index is 2.54. The van der Waals surface area contributed by atoms with Crippen molar-refractivity contribution in [1.82, 2.24) is 0 Å². The molecule has 90 valence electrons. The van der Waals surface area contributed by atoms with E-state index in [0.717, 1.165) is 0 Å². The molecule has 0 aliphatic rings. The Hall–Kier alpha value is -0.420. The molecule has 3 nitrogen and oxygen atoms in total. The van der Waals surface area contributed by atoms with Gasteiger partial charge in [-0.2, -0.15) is 0 Å². The summed E-state index contributed by atoms with van der Waals surface area (Å²) in [5, 5.41) is 1.75. The van der Waals surface area contributed by atoms with Gasteiger partial charge in [-0.25, -0.2) is 0 Å². The van der Waals surface area contributed by atoms with Crippen molar-refractivity contribution in [1.29, 1.82) is 0 Å². The molecule has 0 fully saturated rings. The smallest absolute Gasteiger partial charge is 0.168 e. The van der Waals surface area contributed by atoms with Crippen LogP contribution in [0.25, 0.3) is 0 Å². The van der Waals surface area contributed by atoms with Crippen molar-refractivity contribution in [3.05, 3.63) is 21.3 Å². The average Bonchev–Trinajstić information content (AvgIpc) is 2.65. The van der Waals surface area contributed by atoms with Crippen molar-refractivity contribution in [2.24, 2.45) is 0 Å². The SMILES string of the molecule is CCOC(CC(=O)c1csc(Cl)c1)OCC. The lowest BCUT2D eigenvalue weighted by Gasteiger charge is -2.15. The standard InChI is InChI=1S/C11H15ClO3S/c1-3-14-11(15-4-2)6-9(13)8-5-10(12)16-7-8/h5,7,11H,3-4,6H2,1-2H3. The van der Waals surface area contributed by atoms with Gasteiger partial charge in [0, 0.05) is 24.2 Å². The van der Waals surface area contributed by atoms with Crippen LogP contribution in [0.4, 0.5) is 0 Å². The molecule has 0 bridgehead atoms. The zero-order chi connectivity index (χ0) is 12.0. The van der Waals surface area contributed by atoms with E-state index in [-0.39, 0.29) is 12.2 Å². The van der Waals surface area contributed by atoms with Crippen LogP contribution in [0.15, 0.2) is 11.4 Å². The van der Waals surface area contributed by atoms with Gasteiger partial charge in [0.05, 0.1) is 10.8 Å². The van der Waals surface area contributed by atoms with Gasteiger partial charge in [0.1, 0.15) is 0 Å². The minimum Gasteiger partial charge on any atom is -0.352 e. The molecule has 0 aliphatic heterocycles. The lowest BCUT2D eigenvalue weighted by Crippen LogP contribution is -2.21. The van der Waals surface area contributed by atoms with Gasteiger partial charge in [-0.15, -0.1) is 11.3 Å². The monoisotopic (exact) mass is 262 g/mol. The zero-order valence-corrected chi connectivity index (χ0v) is 10.9. The van der Waals surface area contributed by atoms with Crippen LogP contribution in [-0.2, 0) is 9.47 Å². The maximum Gasteiger partial charge on any atom is 0.168 e. The molecule has 16 heavy (non-hydrogen) atoms. The van der Waals surface area contributed by atoms with Crippen LogP contribution < -0.4 is 0 Å². The van der Waals surface area contributed by atoms with Gasteiger partial charge in [0.15, 0.2) is 12.1 Å². The van der Waals surface area contributed by atoms with E-state index >= 15 is 0 Å². The van der Waals surface area contributed by atoms with E-state index in [4.69, 9.17) is 21.1 Å². The summed E-state index contributed by atoms with van der Waals surface area (Å²) in [5.74, 6) is -0.00458. The van der Waals surface area contributed by atoms with E-state index in [2.05, 4.69) is 0 Å². The summed E-state index contributed by atoms with van der Waals surface area (Å²) in [5.41, 5.74) is 0.624. The lowest BCUT2D eigenvalue weighted by molar-refractivity contribution is -0.133. The number of thiophene rings is 1. The summed E-state index contributed by atoms with van der Waals surface area (Å²) in [6.45, 7) is 4.81. The van der Waals surface area contributed by atoms with Crippen molar-refractivity contribution >= 4 is 28.7 Å². The highest BCUT2D eigenvalue weighted by Crippen LogP contribution is 2.21. The van der Waals surface area contributed by atoms with Gasteiger partial charge >= 0.3 is 0 Å². The predicted octanol–water partition coefficient (Wildman–Crippen LogP) is 3.37. The summed E-state index contributed by atoms with van der Waals surface area (Å²) in [6, 6.07) is 1.67. The molecule has 1 rings (SSSR count). The Morgan fingerprint density at radius 1 is 1.44 bits per heavy atom. The molecular weight excluding hydrogens is 248 g/mol. The topological polar surface area (TPSA) is 35.5 Å². The molecule has 1 aromatic rings. The molecule has 0 saturated heterocycles. The largest absolute Gasteiger partial charge is 0.352 e. The molecule has 5 heteroatoms. The van der Waals surface area contributed by atoms with Crippen molar-refractivity contribution in [3.63, 3.8) is 0 Å². The summed E-state index contributed by atoms with van der Waals surface area (Å²) < 4.78 is 11.2. The fraction of sp³-hybridized carbons (Fsp3) is 0.545. The Morgan fingerprint density at radius 3 is 2.50 bits per heavy atom. The molecule has 0 spiro atoms. The first-order chi connectivity index (χ1) is 7.67. The Labute approximate surface area is 104 Å². The van der Waals surface area contributed by atoms with E-state index < -0.39 is 6.29 Å². The molecule has 0 N–H and O–H groups in total. The normalized spacial score (nSPS) is 11.0. The fourth-order valence-corrected chi connectivity index (χ4v) is 2.15. The third-order valence-electron chi connectivity index (χ3n) is 1.95. The maximum atomic E-state index is 11.8. The number of carbonyl (C=O) groups excluding carboxylic acids is 1. The van der Waals surface area contributed by atoms with Crippen LogP contribution in [0.2, 0.25) is 4.34 Å². The number of halogens is 1. The van der Waals surface area contributed by atoms with Crippen LogP contribution in [0.5, 0.6) is 0 Å². The summed E-state index contributed by atoms with van der Waals surface area (Å²) in [6.07, 6.45) is -0.226. The number of ketones is 1. The first kappa shape index (κ1) is 13.6. The van der Waals surface area contributed by atoms with Crippen LogP contribution in [0, 0.1) is 0 Å². The zero-order valence-electron chi connectivity index (χ0n) is 9.36. The van der Waals surface area contributed by atoms with Crippen LogP contribution in [-0.4, -0.2) is 25.3 Å². The van der Waals surface area contributed by atoms with E-state index in [1.165, 1.54) is 11.3 Å². The number of rotatable bonds is 7. The number of hydrogen-bond donors (Lipinski definition) is 0. The number of ether oxygens (including phenoxy) is 2. The van der Waals surface area contributed by atoms with Gasteiger partial charge in [0.2, 0.25) is 0 Å². The van der Waals surface area contributed by atoms with Crippen molar-refractivity contribution in [2.45, 2.75) is 26.6 Å². The summed E-state index contributed by atoms with van der Waals surface area (Å²) >= 11 is 7.12. The van der Waals surface area contributed by atoms with Crippen LogP contribution >= 0.6 is 22.9 Å². The molecule has 0 aromatic carbocycles. The quantitative estimate of drug-likeness (QED) is 0.558. The van der Waals surface area contributed by atoms with E-state index in [9.17, 15) is 4.79 Å². The maximum absolute atomic E-state index is 11.8. The molecule has 0 radical (unpaired) electrons. The fourth-order valence-electron chi connectivity index (χ4n) is 1.26. The second-order valence-corrected chi connectivity index (χ2v) is 4.65.